The second-order valence-corrected chi connectivity index (χ2v) is 4.69. The first-order valence-corrected chi connectivity index (χ1v) is 7.17. The fourth-order valence-corrected chi connectivity index (χ4v) is 2.17. The van der Waals surface area contributed by atoms with E-state index < -0.39 is 0 Å². The molecule has 0 fully saturated rings. The largest absolute Gasteiger partial charge is 0.478 e. The Morgan fingerprint density at radius 2 is 2.23 bits per heavy atom. The Bertz CT molecular complexity index is 805. The molecule has 3 rings (SSSR count). The second-order valence-electron chi connectivity index (χ2n) is 4.69. The molecule has 7 heteroatoms. The third-order valence-electron chi connectivity index (χ3n) is 3.24. The van der Waals surface area contributed by atoms with E-state index in [0.717, 1.165) is 12.1 Å². The molecule has 0 radical (unpaired) electrons. The zero-order valence-electron chi connectivity index (χ0n) is 12.5. The molecule has 3 aromatic heterocycles. The van der Waals surface area contributed by atoms with Gasteiger partial charge in [0.15, 0.2) is 5.82 Å². The van der Waals surface area contributed by atoms with E-state index in [1.807, 2.05) is 26.1 Å². The predicted octanol–water partition coefficient (Wildman–Crippen LogP) is 2.43. The highest BCUT2D eigenvalue weighted by molar-refractivity contribution is 6.11. The second kappa shape index (κ2) is 5.88. The first kappa shape index (κ1) is 14.1. The summed E-state index contributed by atoms with van der Waals surface area (Å²) in [6, 6.07) is 5.37. The van der Waals surface area contributed by atoms with Crippen molar-refractivity contribution in [1.29, 1.82) is 0 Å². The molecule has 7 nitrogen and oxygen atoms in total. The number of amides is 1. The highest BCUT2D eigenvalue weighted by atomic mass is 16.5. The first-order chi connectivity index (χ1) is 10.7. The fourth-order valence-electron chi connectivity index (χ4n) is 2.17. The summed E-state index contributed by atoms with van der Waals surface area (Å²) in [6.07, 6.45) is 3.45. The normalized spacial score (nSPS) is 10.8. The summed E-state index contributed by atoms with van der Waals surface area (Å²) in [5.74, 6) is 0.759. The number of aromatic amines is 1. The molecule has 0 aliphatic carbocycles. The van der Waals surface area contributed by atoms with Crippen molar-refractivity contribution < 1.29 is 9.53 Å². The summed E-state index contributed by atoms with van der Waals surface area (Å²) >= 11 is 0. The summed E-state index contributed by atoms with van der Waals surface area (Å²) in [5, 5.41) is 7.01. The Kier molecular flexibility index (Phi) is 3.78. The number of ether oxygens (including phenoxy) is 1. The van der Waals surface area contributed by atoms with Crippen molar-refractivity contribution in [3.8, 4) is 5.88 Å². The van der Waals surface area contributed by atoms with E-state index in [-0.39, 0.29) is 5.91 Å². The Balaban J connectivity index is 1.88. The van der Waals surface area contributed by atoms with Crippen LogP contribution < -0.4 is 10.1 Å². The lowest BCUT2D eigenvalue weighted by molar-refractivity contribution is 0.102. The van der Waals surface area contributed by atoms with Crippen molar-refractivity contribution in [1.82, 2.24) is 19.7 Å². The van der Waals surface area contributed by atoms with Crippen LogP contribution in [0.1, 0.15) is 24.2 Å². The van der Waals surface area contributed by atoms with Gasteiger partial charge in [0.2, 0.25) is 5.88 Å². The Hall–Kier alpha value is -2.83. The van der Waals surface area contributed by atoms with Crippen LogP contribution in [0.2, 0.25) is 0 Å². The molecule has 0 saturated heterocycles. The molecular weight excluding hydrogens is 282 g/mol. The van der Waals surface area contributed by atoms with Gasteiger partial charge in [-0.25, -0.2) is 4.98 Å². The zero-order chi connectivity index (χ0) is 15.5. The quantitative estimate of drug-likeness (QED) is 0.757. The maximum Gasteiger partial charge on any atom is 0.260 e. The fraction of sp³-hybridized carbons (Fsp3) is 0.267. The van der Waals surface area contributed by atoms with E-state index in [4.69, 9.17) is 4.74 Å². The molecule has 114 valence electrons. The molecule has 3 heterocycles. The smallest absolute Gasteiger partial charge is 0.260 e. The number of fused-ring (bicyclic) bond motifs is 1. The number of anilines is 1. The maximum absolute atomic E-state index is 12.4. The summed E-state index contributed by atoms with van der Waals surface area (Å²) in [4.78, 5) is 19.8. The lowest BCUT2D eigenvalue weighted by Gasteiger charge is -2.03. The standard InChI is InChI=1S/C15H17N5O2/c1-3-20-8-7-12(19-20)17-15(21)10-9-16-11-5-6-13(22-4-2)18-14(10)11/h5-9,16H,3-4H2,1-2H3,(H,17,19,21). The van der Waals surface area contributed by atoms with Crippen LogP contribution in [0, 0.1) is 0 Å². The van der Waals surface area contributed by atoms with E-state index in [0.29, 0.717) is 29.4 Å². The molecule has 2 N–H and O–H groups in total. The van der Waals surface area contributed by atoms with Gasteiger partial charge in [-0.2, -0.15) is 5.10 Å². The number of pyridine rings is 1. The van der Waals surface area contributed by atoms with Crippen molar-refractivity contribution in [2.24, 2.45) is 0 Å². The van der Waals surface area contributed by atoms with Crippen LogP contribution in [0.15, 0.2) is 30.6 Å². The zero-order valence-corrected chi connectivity index (χ0v) is 12.5. The number of nitrogens with one attached hydrogen (secondary N) is 2. The minimum Gasteiger partial charge on any atom is -0.478 e. The van der Waals surface area contributed by atoms with Gasteiger partial charge in [-0.05, 0) is 19.9 Å². The average molecular weight is 299 g/mol. The monoisotopic (exact) mass is 299 g/mol. The molecule has 0 aliphatic heterocycles. The third-order valence-corrected chi connectivity index (χ3v) is 3.24. The Labute approximate surface area is 127 Å². The minimum absolute atomic E-state index is 0.256. The molecule has 0 bridgehead atoms. The highest BCUT2D eigenvalue weighted by Crippen LogP contribution is 2.20. The summed E-state index contributed by atoms with van der Waals surface area (Å²) in [5.41, 5.74) is 1.83. The average Bonchev–Trinajstić information content (AvgIpc) is 3.13. The Morgan fingerprint density at radius 3 is 2.95 bits per heavy atom. The number of rotatable bonds is 5. The molecule has 0 aliphatic rings. The van der Waals surface area contributed by atoms with Gasteiger partial charge >= 0.3 is 0 Å². The number of nitrogens with zero attached hydrogens (tertiary/aromatic N) is 3. The number of hydrogen-bond acceptors (Lipinski definition) is 4. The first-order valence-electron chi connectivity index (χ1n) is 7.17. The molecule has 0 spiro atoms. The maximum atomic E-state index is 12.4. The number of carbonyl (C=O) groups excluding carboxylic acids is 1. The van der Waals surface area contributed by atoms with Crippen molar-refractivity contribution >= 4 is 22.8 Å². The number of H-pyrrole nitrogens is 1. The molecule has 0 saturated carbocycles. The molecular formula is C15H17N5O2. The Morgan fingerprint density at radius 1 is 1.36 bits per heavy atom. The minimum atomic E-state index is -0.256. The predicted molar refractivity (Wildman–Crippen MR) is 83.1 cm³/mol. The number of aromatic nitrogens is 4. The lowest BCUT2D eigenvalue weighted by atomic mass is 10.2. The summed E-state index contributed by atoms with van der Waals surface area (Å²) < 4.78 is 7.13. The van der Waals surface area contributed by atoms with E-state index in [1.54, 1.807) is 23.0 Å². The van der Waals surface area contributed by atoms with Crippen molar-refractivity contribution in [3.05, 3.63) is 36.2 Å². The van der Waals surface area contributed by atoms with Gasteiger partial charge in [0.1, 0.15) is 5.52 Å². The SMILES string of the molecule is CCOc1ccc2[nH]cc(C(=O)Nc3ccn(CC)n3)c2n1. The molecule has 0 unspecified atom stereocenters. The van der Waals surface area contributed by atoms with Crippen molar-refractivity contribution in [2.45, 2.75) is 20.4 Å². The van der Waals surface area contributed by atoms with Crippen LogP contribution in [-0.2, 0) is 6.54 Å². The van der Waals surface area contributed by atoms with E-state index in [2.05, 4.69) is 20.4 Å². The van der Waals surface area contributed by atoms with Crippen LogP contribution >= 0.6 is 0 Å². The summed E-state index contributed by atoms with van der Waals surface area (Å²) in [6.45, 7) is 5.15. The van der Waals surface area contributed by atoms with Crippen LogP contribution in [0.5, 0.6) is 5.88 Å². The van der Waals surface area contributed by atoms with E-state index in [1.165, 1.54) is 0 Å². The van der Waals surface area contributed by atoms with Gasteiger partial charge in [0.25, 0.3) is 5.91 Å². The van der Waals surface area contributed by atoms with Gasteiger partial charge < -0.3 is 15.0 Å². The number of aryl methyl sites for hydroxylation is 1. The lowest BCUT2D eigenvalue weighted by Crippen LogP contribution is -2.12. The van der Waals surface area contributed by atoms with Crippen molar-refractivity contribution in [2.75, 3.05) is 11.9 Å². The van der Waals surface area contributed by atoms with E-state index >= 15 is 0 Å². The molecule has 3 aromatic rings. The van der Waals surface area contributed by atoms with Gasteiger partial charge in [-0.3, -0.25) is 9.48 Å². The third kappa shape index (κ3) is 2.65. The van der Waals surface area contributed by atoms with Gasteiger partial charge in [-0.15, -0.1) is 0 Å². The summed E-state index contributed by atoms with van der Waals surface area (Å²) in [7, 11) is 0. The van der Waals surface area contributed by atoms with Crippen LogP contribution in [-0.4, -0.2) is 32.3 Å². The van der Waals surface area contributed by atoms with Crippen LogP contribution in [0.4, 0.5) is 5.82 Å². The van der Waals surface area contributed by atoms with Crippen LogP contribution in [0.3, 0.4) is 0 Å². The van der Waals surface area contributed by atoms with Crippen molar-refractivity contribution in [3.63, 3.8) is 0 Å². The molecule has 22 heavy (non-hydrogen) atoms. The van der Waals surface area contributed by atoms with Gasteiger partial charge in [0.05, 0.1) is 17.7 Å². The van der Waals surface area contributed by atoms with E-state index in [9.17, 15) is 4.79 Å². The van der Waals surface area contributed by atoms with Crippen LogP contribution in [0.25, 0.3) is 11.0 Å². The molecule has 1 amide bonds. The van der Waals surface area contributed by atoms with Gasteiger partial charge in [0, 0.05) is 31.1 Å². The molecule has 0 atom stereocenters. The molecule has 0 aromatic carbocycles. The van der Waals surface area contributed by atoms with Gasteiger partial charge in [-0.1, -0.05) is 0 Å². The highest BCUT2D eigenvalue weighted by Gasteiger charge is 2.15. The topological polar surface area (TPSA) is 84.8 Å². The number of hydrogen-bond donors (Lipinski definition) is 2. The number of carbonyl (C=O) groups is 1.